The van der Waals surface area contributed by atoms with Crippen LogP contribution >= 0.6 is 27.7 Å². The molecule has 0 radical (unpaired) electrons. The number of rotatable bonds is 4. The van der Waals surface area contributed by atoms with Gasteiger partial charge in [-0.05, 0) is 36.6 Å². The van der Waals surface area contributed by atoms with E-state index in [4.69, 9.17) is 5.11 Å². The molecule has 2 rings (SSSR count). The summed E-state index contributed by atoms with van der Waals surface area (Å²) in [6.07, 6.45) is 3.45. The molecule has 0 aliphatic carbocycles. The molecule has 0 saturated carbocycles. The summed E-state index contributed by atoms with van der Waals surface area (Å²) in [6, 6.07) is 7.86. The summed E-state index contributed by atoms with van der Waals surface area (Å²) >= 11 is 4.59. The molecule has 0 saturated heterocycles. The van der Waals surface area contributed by atoms with Gasteiger partial charge in [0, 0.05) is 16.4 Å². The van der Waals surface area contributed by atoms with E-state index in [1.165, 1.54) is 23.9 Å². The summed E-state index contributed by atoms with van der Waals surface area (Å²) < 4.78 is 0.578. The number of carboxylic acid groups (broad SMARTS) is 1. The number of nitrogens with one attached hydrogen (secondary N) is 1. The largest absolute Gasteiger partial charge is 0.478 e. The molecule has 0 bridgehead atoms. The highest BCUT2D eigenvalue weighted by atomic mass is 79.9. The Morgan fingerprint density at radius 2 is 2.10 bits per heavy atom. The van der Waals surface area contributed by atoms with Crippen molar-refractivity contribution in [2.75, 3.05) is 11.6 Å². The van der Waals surface area contributed by atoms with Crippen LogP contribution in [-0.4, -0.2) is 28.2 Å². The summed E-state index contributed by atoms with van der Waals surface area (Å²) in [5.74, 6) is -1.39. The van der Waals surface area contributed by atoms with E-state index in [9.17, 15) is 9.59 Å². The number of amides is 1. The van der Waals surface area contributed by atoms with Crippen LogP contribution in [0.5, 0.6) is 0 Å². The summed E-state index contributed by atoms with van der Waals surface area (Å²) in [5, 5.41) is 12.3. The molecule has 1 amide bonds. The van der Waals surface area contributed by atoms with Crippen LogP contribution in [-0.2, 0) is 0 Å². The van der Waals surface area contributed by atoms with Crippen molar-refractivity contribution in [2.45, 2.75) is 5.03 Å². The zero-order valence-corrected chi connectivity index (χ0v) is 13.4. The number of carboxylic acids is 1. The van der Waals surface area contributed by atoms with Crippen LogP contribution in [0.25, 0.3) is 0 Å². The molecule has 108 valence electrons. The second kappa shape index (κ2) is 6.73. The molecule has 0 unspecified atom stereocenters. The Bertz CT molecular complexity index is 706. The fourth-order valence-corrected chi connectivity index (χ4v) is 2.75. The van der Waals surface area contributed by atoms with Gasteiger partial charge < -0.3 is 10.4 Å². The van der Waals surface area contributed by atoms with E-state index in [0.717, 1.165) is 0 Å². The number of hydrogen-bond donors (Lipinski definition) is 2. The summed E-state index contributed by atoms with van der Waals surface area (Å²) in [4.78, 5) is 27.4. The third kappa shape index (κ3) is 3.83. The van der Waals surface area contributed by atoms with E-state index in [1.54, 1.807) is 24.4 Å². The van der Waals surface area contributed by atoms with Crippen LogP contribution in [0.4, 0.5) is 5.69 Å². The molecular formula is C14H11BrN2O3S. The van der Waals surface area contributed by atoms with Crippen LogP contribution < -0.4 is 5.32 Å². The SMILES string of the molecule is CSc1ncccc1C(=O)Nc1cc(Br)cc(C(=O)O)c1. The van der Waals surface area contributed by atoms with Gasteiger partial charge in [-0.2, -0.15) is 0 Å². The lowest BCUT2D eigenvalue weighted by molar-refractivity contribution is 0.0696. The Morgan fingerprint density at radius 3 is 2.76 bits per heavy atom. The molecule has 7 heteroatoms. The molecular weight excluding hydrogens is 356 g/mol. The molecule has 1 aromatic heterocycles. The van der Waals surface area contributed by atoms with E-state index in [2.05, 4.69) is 26.2 Å². The van der Waals surface area contributed by atoms with Crippen LogP contribution in [0.1, 0.15) is 20.7 Å². The summed E-state index contributed by atoms with van der Waals surface area (Å²) in [6.45, 7) is 0. The van der Waals surface area contributed by atoms with E-state index >= 15 is 0 Å². The van der Waals surface area contributed by atoms with Crippen LogP contribution in [0.2, 0.25) is 0 Å². The zero-order valence-electron chi connectivity index (χ0n) is 11.0. The lowest BCUT2D eigenvalue weighted by Crippen LogP contribution is -2.14. The van der Waals surface area contributed by atoms with Crippen molar-refractivity contribution in [1.82, 2.24) is 4.98 Å². The number of carbonyl (C=O) groups is 2. The van der Waals surface area contributed by atoms with Crippen molar-refractivity contribution < 1.29 is 14.7 Å². The Morgan fingerprint density at radius 1 is 1.33 bits per heavy atom. The smallest absolute Gasteiger partial charge is 0.335 e. The number of anilines is 1. The maximum atomic E-state index is 12.3. The Kier molecular flexibility index (Phi) is 4.98. The van der Waals surface area contributed by atoms with Crippen LogP contribution in [0, 0.1) is 0 Å². The lowest BCUT2D eigenvalue weighted by atomic mass is 10.2. The highest BCUT2D eigenvalue weighted by molar-refractivity contribution is 9.10. The quantitative estimate of drug-likeness (QED) is 0.809. The van der Waals surface area contributed by atoms with E-state index in [-0.39, 0.29) is 11.5 Å². The molecule has 5 nitrogen and oxygen atoms in total. The second-order valence-corrected chi connectivity index (χ2v) is 5.76. The maximum Gasteiger partial charge on any atom is 0.335 e. The highest BCUT2D eigenvalue weighted by Gasteiger charge is 2.13. The first-order valence-corrected chi connectivity index (χ1v) is 7.87. The molecule has 1 aromatic carbocycles. The van der Waals surface area contributed by atoms with Gasteiger partial charge in [-0.25, -0.2) is 9.78 Å². The number of benzene rings is 1. The molecule has 0 aliphatic heterocycles. The van der Waals surface area contributed by atoms with Crippen molar-refractivity contribution in [3.63, 3.8) is 0 Å². The average Bonchev–Trinajstić information content (AvgIpc) is 2.46. The number of hydrogen-bond acceptors (Lipinski definition) is 4. The fourth-order valence-electron chi connectivity index (χ4n) is 1.71. The number of aromatic nitrogens is 1. The second-order valence-electron chi connectivity index (χ2n) is 4.05. The lowest BCUT2D eigenvalue weighted by Gasteiger charge is -2.09. The number of nitrogens with zero attached hydrogens (tertiary/aromatic N) is 1. The van der Waals surface area contributed by atoms with Crippen molar-refractivity contribution >= 4 is 45.3 Å². The molecule has 0 atom stereocenters. The van der Waals surface area contributed by atoms with Gasteiger partial charge in [-0.15, -0.1) is 11.8 Å². The third-order valence-corrected chi connectivity index (χ3v) is 3.78. The average molecular weight is 367 g/mol. The number of halogens is 1. The monoisotopic (exact) mass is 366 g/mol. The van der Waals surface area contributed by atoms with E-state index < -0.39 is 5.97 Å². The van der Waals surface area contributed by atoms with Gasteiger partial charge in [0.1, 0.15) is 5.03 Å². The number of carbonyl (C=O) groups excluding carboxylic acids is 1. The Hall–Kier alpha value is -1.86. The van der Waals surface area contributed by atoms with Gasteiger partial charge in [0.15, 0.2) is 0 Å². The van der Waals surface area contributed by atoms with Crippen molar-refractivity contribution in [1.29, 1.82) is 0 Å². The van der Waals surface area contributed by atoms with Gasteiger partial charge >= 0.3 is 5.97 Å². The standard InChI is InChI=1S/C14H11BrN2O3S/c1-21-13-11(3-2-4-16-13)12(18)17-10-6-8(14(19)20)5-9(15)7-10/h2-7H,1H3,(H,17,18)(H,19,20). The molecule has 2 aromatic rings. The number of pyridine rings is 1. The molecule has 1 heterocycles. The van der Waals surface area contributed by atoms with Gasteiger partial charge in [0.25, 0.3) is 5.91 Å². The zero-order chi connectivity index (χ0) is 15.4. The molecule has 0 fully saturated rings. The summed E-state index contributed by atoms with van der Waals surface area (Å²) in [7, 11) is 0. The third-order valence-electron chi connectivity index (χ3n) is 2.61. The molecule has 0 spiro atoms. The van der Waals surface area contributed by atoms with Crippen LogP contribution in [0.3, 0.4) is 0 Å². The minimum Gasteiger partial charge on any atom is -0.478 e. The Balaban J connectivity index is 2.29. The maximum absolute atomic E-state index is 12.3. The normalized spacial score (nSPS) is 10.2. The van der Waals surface area contributed by atoms with Crippen molar-refractivity contribution in [3.8, 4) is 0 Å². The topological polar surface area (TPSA) is 79.3 Å². The fraction of sp³-hybridized carbons (Fsp3) is 0.0714. The van der Waals surface area contributed by atoms with Crippen molar-refractivity contribution in [3.05, 3.63) is 52.1 Å². The number of aromatic carboxylic acids is 1. The van der Waals surface area contributed by atoms with Gasteiger partial charge in [-0.1, -0.05) is 15.9 Å². The van der Waals surface area contributed by atoms with Crippen molar-refractivity contribution in [2.24, 2.45) is 0 Å². The van der Waals surface area contributed by atoms with E-state index in [0.29, 0.717) is 20.7 Å². The first kappa shape index (κ1) is 15.5. The van der Waals surface area contributed by atoms with Gasteiger partial charge in [-0.3, -0.25) is 4.79 Å². The van der Waals surface area contributed by atoms with Crippen LogP contribution in [0.15, 0.2) is 46.0 Å². The molecule has 0 aliphatic rings. The molecule has 21 heavy (non-hydrogen) atoms. The van der Waals surface area contributed by atoms with Gasteiger partial charge in [0.05, 0.1) is 11.1 Å². The predicted octanol–water partition coefficient (Wildman–Crippen LogP) is 3.52. The van der Waals surface area contributed by atoms with Gasteiger partial charge in [0.2, 0.25) is 0 Å². The molecule has 2 N–H and O–H groups in total. The minimum atomic E-state index is -1.06. The highest BCUT2D eigenvalue weighted by Crippen LogP contribution is 2.22. The summed E-state index contributed by atoms with van der Waals surface area (Å²) in [5.41, 5.74) is 0.945. The van der Waals surface area contributed by atoms with E-state index in [1.807, 2.05) is 6.26 Å². The Labute approximate surface area is 133 Å². The number of thioether (sulfide) groups is 1. The predicted molar refractivity (Wildman–Crippen MR) is 85.1 cm³/mol. The first-order chi connectivity index (χ1) is 10.0. The minimum absolute atomic E-state index is 0.0935. The first-order valence-electron chi connectivity index (χ1n) is 5.85.